The summed E-state index contributed by atoms with van der Waals surface area (Å²) in [6.07, 6.45) is 6.60. The minimum absolute atomic E-state index is 0.0298. The van der Waals surface area contributed by atoms with Gasteiger partial charge in [-0.3, -0.25) is 19.3 Å². The number of nitrogens with one attached hydrogen (secondary N) is 1. The Labute approximate surface area is 149 Å². The Balaban J connectivity index is 1.47. The highest BCUT2D eigenvalue weighted by Gasteiger charge is 2.31. The number of hydrogen-bond donors (Lipinski definition) is 1. The van der Waals surface area contributed by atoms with Gasteiger partial charge in [-0.05, 0) is 25.7 Å². The summed E-state index contributed by atoms with van der Waals surface area (Å²) >= 11 is 0. The molecule has 3 rings (SSSR count). The number of likely N-dealkylation sites (tertiary alicyclic amines) is 1. The topological polar surface area (TPSA) is 73.0 Å². The number of carbonyl (C=O) groups is 3. The maximum atomic E-state index is 12.5. The van der Waals surface area contributed by atoms with Crippen LogP contribution in [0.4, 0.5) is 0 Å². The molecule has 0 saturated carbocycles. The lowest BCUT2D eigenvalue weighted by Gasteiger charge is -2.26. The number of hydrogen-bond acceptors (Lipinski definition) is 4. The zero-order valence-corrected chi connectivity index (χ0v) is 15.0. The van der Waals surface area contributed by atoms with Crippen molar-refractivity contribution in [3.05, 3.63) is 0 Å². The molecule has 0 spiro atoms. The molecule has 3 aliphatic rings. The van der Waals surface area contributed by atoms with E-state index in [1.165, 1.54) is 12.8 Å². The molecule has 25 heavy (non-hydrogen) atoms. The first-order valence-electron chi connectivity index (χ1n) is 9.72. The van der Waals surface area contributed by atoms with Crippen LogP contribution in [0.5, 0.6) is 0 Å². The lowest BCUT2D eigenvalue weighted by atomic mass is 10.2. The molecular formula is C18H30N4O3. The second-order valence-corrected chi connectivity index (χ2v) is 7.41. The summed E-state index contributed by atoms with van der Waals surface area (Å²) in [7, 11) is 0. The van der Waals surface area contributed by atoms with E-state index in [2.05, 4.69) is 10.2 Å². The molecule has 0 aromatic heterocycles. The van der Waals surface area contributed by atoms with Gasteiger partial charge in [0.1, 0.15) is 6.04 Å². The molecule has 7 nitrogen and oxygen atoms in total. The average Bonchev–Trinajstić information content (AvgIpc) is 2.82. The van der Waals surface area contributed by atoms with Gasteiger partial charge in [0, 0.05) is 45.7 Å². The Kier molecular flexibility index (Phi) is 6.29. The van der Waals surface area contributed by atoms with Crippen molar-refractivity contribution in [3.63, 3.8) is 0 Å². The quantitative estimate of drug-likeness (QED) is 0.789. The third-order valence-electron chi connectivity index (χ3n) is 5.51. The van der Waals surface area contributed by atoms with E-state index in [0.717, 1.165) is 45.4 Å². The van der Waals surface area contributed by atoms with E-state index >= 15 is 0 Å². The molecule has 3 aliphatic heterocycles. The predicted molar refractivity (Wildman–Crippen MR) is 93.8 cm³/mol. The monoisotopic (exact) mass is 350 g/mol. The Morgan fingerprint density at radius 3 is 2.28 bits per heavy atom. The smallest absolute Gasteiger partial charge is 0.245 e. The third-order valence-corrected chi connectivity index (χ3v) is 5.51. The molecule has 3 saturated heterocycles. The van der Waals surface area contributed by atoms with Crippen molar-refractivity contribution in [2.24, 2.45) is 0 Å². The Bertz CT molecular complexity index is 503. The molecule has 1 unspecified atom stereocenters. The van der Waals surface area contributed by atoms with Crippen LogP contribution in [0.15, 0.2) is 0 Å². The van der Waals surface area contributed by atoms with Crippen LogP contribution in [-0.2, 0) is 14.4 Å². The van der Waals surface area contributed by atoms with E-state index in [0.29, 0.717) is 32.5 Å². The van der Waals surface area contributed by atoms with E-state index in [1.54, 1.807) is 0 Å². The number of rotatable bonds is 3. The summed E-state index contributed by atoms with van der Waals surface area (Å²) in [4.78, 5) is 42.4. The Hall–Kier alpha value is -1.63. The van der Waals surface area contributed by atoms with Crippen molar-refractivity contribution in [1.29, 1.82) is 0 Å². The number of nitrogens with zero attached hydrogens (tertiary/aromatic N) is 3. The van der Waals surface area contributed by atoms with Crippen molar-refractivity contribution >= 4 is 17.7 Å². The second-order valence-electron chi connectivity index (χ2n) is 7.41. The van der Waals surface area contributed by atoms with E-state index in [1.807, 2.05) is 9.80 Å². The second kappa shape index (κ2) is 8.65. The van der Waals surface area contributed by atoms with Crippen LogP contribution in [-0.4, -0.2) is 84.3 Å². The van der Waals surface area contributed by atoms with E-state index < -0.39 is 0 Å². The molecule has 0 bridgehead atoms. The molecule has 3 amide bonds. The summed E-state index contributed by atoms with van der Waals surface area (Å²) in [5, 5.41) is 2.76. The Morgan fingerprint density at radius 2 is 1.60 bits per heavy atom. The van der Waals surface area contributed by atoms with E-state index in [-0.39, 0.29) is 23.8 Å². The van der Waals surface area contributed by atoms with Crippen LogP contribution >= 0.6 is 0 Å². The summed E-state index contributed by atoms with van der Waals surface area (Å²) in [6.45, 7) is 5.16. The van der Waals surface area contributed by atoms with Gasteiger partial charge in [-0.1, -0.05) is 12.8 Å². The van der Waals surface area contributed by atoms with Gasteiger partial charge in [0.25, 0.3) is 0 Å². The largest absolute Gasteiger partial charge is 0.344 e. The normalized spacial score (nSPS) is 26.1. The van der Waals surface area contributed by atoms with Gasteiger partial charge in [0.05, 0.1) is 6.54 Å². The van der Waals surface area contributed by atoms with Crippen LogP contribution in [0.1, 0.15) is 44.9 Å². The molecule has 7 heteroatoms. The van der Waals surface area contributed by atoms with Crippen LogP contribution in [0, 0.1) is 0 Å². The summed E-state index contributed by atoms with van der Waals surface area (Å²) < 4.78 is 0. The van der Waals surface area contributed by atoms with Crippen molar-refractivity contribution in [3.8, 4) is 0 Å². The predicted octanol–water partition coefficient (Wildman–Crippen LogP) is 0.202. The lowest BCUT2D eigenvalue weighted by Crippen LogP contribution is -2.46. The average molecular weight is 350 g/mol. The highest BCUT2D eigenvalue weighted by atomic mass is 16.2. The first kappa shape index (κ1) is 18.2. The number of amides is 3. The first-order valence-corrected chi connectivity index (χ1v) is 9.72. The zero-order chi connectivity index (χ0) is 17.6. The summed E-state index contributed by atoms with van der Waals surface area (Å²) in [5.74, 6) is 0.231. The third kappa shape index (κ3) is 4.93. The van der Waals surface area contributed by atoms with Crippen LogP contribution in [0.25, 0.3) is 0 Å². The molecular weight excluding hydrogens is 320 g/mol. The fraction of sp³-hybridized carbons (Fsp3) is 0.833. The maximum Gasteiger partial charge on any atom is 0.245 e. The SMILES string of the molecule is O=C1CCC(C(=O)N2CCCN(CC(=O)N3CCCCCC3)CC2)N1. The van der Waals surface area contributed by atoms with Gasteiger partial charge >= 0.3 is 0 Å². The van der Waals surface area contributed by atoms with Crippen LogP contribution in [0.2, 0.25) is 0 Å². The molecule has 0 radical (unpaired) electrons. The van der Waals surface area contributed by atoms with Crippen molar-refractivity contribution in [1.82, 2.24) is 20.0 Å². The Morgan fingerprint density at radius 1 is 0.880 bits per heavy atom. The molecule has 1 atom stereocenters. The van der Waals surface area contributed by atoms with Gasteiger partial charge in [-0.25, -0.2) is 0 Å². The van der Waals surface area contributed by atoms with E-state index in [4.69, 9.17) is 0 Å². The van der Waals surface area contributed by atoms with Gasteiger partial charge in [-0.2, -0.15) is 0 Å². The lowest BCUT2D eigenvalue weighted by molar-refractivity contribution is -0.134. The molecule has 3 heterocycles. The van der Waals surface area contributed by atoms with Gasteiger partial charge in [-0.15, -0.1) is 0 Å². The van der Waals surface area contributed by atoms with Gasteiger partial charge in [0.15, 0.2) is 0 Å². The molecule has 0 aromatic carbocycles. The molecule has 1 N–H and O–H groups in total. The van der Waals surface area contributed by atoms with Crippen molar-refractivity contribution < 1.29 is 14.4 Å². The summed E-state index contributed by atoms with van der Waals surface area (Å²) in [6, 6.07) is -0.349. The highest BCUT2D eigenvalue weighted by Crippen LogP contribution is 2.13. The molecule has 0 aliphatic carbocycles. The van der Waals surface area contributed by atoms with E-state index in [9.17, 15) is 14.4 Å². The van der Waals surface area contributed by atoms with Gasteiger partial charge < -0.3 is 15.1 Å². The first-order chi connectivity index (χ1) is 12.1. The zero-order valence-electron chi connectivity index (χ0n) is 15.0. The van der Waals surface area contributed by atoms with Gasteiger partial charge in [0.2, 0.25) is 17.7 Å². The minimum Gasteiger partial charge on any atom is -0.344 e. The van der Waals surface area contributed by atoms with Crippen LogP contribution in [0.3, 0.4) is 0 Å². The fourth-order valence-electron chi connectivity index (χ4n) is 3.98. The van der Waals surface area contributed by atoms with Crippen molar-refractivity contribution in [2.45, 2.75) is 51.0 Å². The molecule has 140 valence electrons. The highest BCUT2D eigenvalue weighted by molar-refractivity contribution is 5.90. The van der Waals surface area contributed by atoms with Crippen molar-refractivity contribution in [2.75, 3.05) is 45.8 Å². The minimum atomic E-state index is -0.349. The number of carbonyl (C=O) groups excluding carboxylic acids is 3. The maximum absolute atomic E-state index is 12.5. The molecule has 3 fully saturated rings. The fourth-order valence-corrected chi connectivity index (χ4v) is 3.98. The standard InChI is InChI=1S/C18H30N4O3/c23-16-7-6-15(19-16)18(25)22-11-5-8-20(12-13-22)14-17(24)21-9-3-1-2-4-10-21/h15H,1-14H2,(H,19,23). The summed E-state index contributed by atoms with van der Waals surface area (Å²) in [5.41, 5.74) is 0. The van der Waals surface area contributed by atoms with Crippen LogP contribution < -0.4 is 5.32 Å². The molecule has 0 aromatic rings.